The summed E-state index contributed by atoms with van der Waals surface area (Å²) in [6.07, 6.45) is 0. The van der Waals surface area contributed by atoms with E-state index in [2.05, 4.69) is 15.2 Å². The van der Waals surface area contributed by atoms with Gasteiger partial charge in [-0.3, -0.25) is 9.79 Å². The standard InChI is InChI=1S/C19H14ClN3O2S/c1-25-14-8-4-12(5-9-14)16-18(24)17-19(23-22-16)26-10-15(21-17)11-2-6-13(20)7-3-11/h2-9,15H,10H2,1H3/t15-/m1/s1. The molecule has 0 unspecified atom stereocenters. The molecule has 0 spiro atoms. The van der Waals surface area contributed by atoms with Gasteiger partial charge in [-0.25, -0.2) is 0 Å². The Morgan fingerprint density at radius 2 is 1.77 bits per heavy atom. The number of thioether (sulfide) groups is 1. The number of hydrogen-bond acceptors (Lipinski definition) is 6. The van der Waals surface area contributed by atoms with Gasteiger partial charge in [0, 0.05) is 16.3 Å². The minimum atomic E-state index is -0.202. The lowest BCUT2D eigenvalue weighted by Gasteiger charge is -2.23. The normalized spacial score (nSPS) is 19.2. The number of fused-ring (bicyclic) bond motifs is 1. The number of benzene rings is 2. The van der Waals surface area contributed by atoms with Crippen molar-refractivity contribution >= 4 is 45.6 Å². The molecule has 2 aliphatic heterocycles. The summed E-state index contributed by atoms with van der Waals surface area (Å²) >= 11 is 7.45. The second kappa shape index (κ2) is 7.05. The SMILES string of the molecule is COc1ccc(C2=NN=C3SC[C@H](c4ccc(Cl)cc4)N=C3C2=O)cc1. The van der Waals surface area contributed by atoms with E-state index < -0.39 is 0 Å². The van der Waals surface area contributed by atoms with Gasteiger partial charge in [-0.2, -0.15) is 0 Å². The molecular formula is C19H14ClN3O2S. The van der Waals surface area contributed by atoms with Crippen LogP contribution in [0.3, 0.4) is 0 Å². The van der Waals surface area contributed by atoms with Crippen LogP contribution in [0.2, 0.25) is 5.02 Å². The molecule has 4 rings (SSSR count). The van der Waals surface area contributed by atoms with Crippen LogP contribution in [-0.2, 0) is 4.79 Å². The smallest absolute Gasteiger partial charge is 0.234 e. The Morgan fingerprint density at radius 3 is 2.46 bits per heavy atom. The van der Waals surface area contributed by atoms with Gasteiger partial charge in [0.25, 0.3) is 0 Å². The van der Waals surface area contributed by atoms with Crippen molar-refractivity contribution in [1.82, 2.24) is 0 Å². The Labute approximate surface area is 159 Å². The molecule has 0 N–H and O–H groups in total. The molecule has 0 amide bonds. The maximum absolute atomic E-state index is 12.9. The van der Waals surface area contributed by atoms with Crippen LogP contribution in [0.15, 0.2) is 63.7 Å². The average Bonchev–Trinajstić information content (AvgIpc) is 2.69. The molecule has 5 nitrogen and oxygen atoms in total. The van der Waals surface area contributed by atoms with Gasteiger partial charge in [0.1, 0.15) is 22.2 Å². The summed E-state index contributed by atoms with van der Waals surface area (Å²) in [5.41, 5.74) is 2.39. The Balaban J connectivity index is 1.66. The van der Waals surface area contributed by atoms with Gasteiger partial charge in [-0.15, -0.1) is 10.2 Å². The number of methoxy groups -OCH3 is 1. The summed E-state index contributed by atoms with van der Waals surface area (Å²) in [4.78, 5) is 17.6. The van der Waals surface area contributed by atoms with Gasteiger partial charge in [-0.05, 0) is 42.0 Å². The fourth-order valence-corrected chi connectivity index (χ4v) is 3.84. The van der Waals surface area contributed by atoms with Gasteiger partial charge < -0.3 is 4.74 Å². The van der Waals surface area contributed by atoms with E-state index in [0.29, 0.717) is 32.8 Å². The number of carbonyl (C=O) groups excluding carboxylic acids is 1. The van der Waals surface area contributed by atoms with Crippen LogP contribution in [0, 0.1) is 0 Å². The number of ketones is 1. The third-order valence-corrected chi connectivity index (χ3v) is 5.44. The van der Waals surface area contributed by atoms with Crippen LogP contribution in [0.1, 0.15) is 17.2 Å². The zero-order chi connectivity index (χ0) is 18.1. The highest BCUT2D eigenvalue weighted by Gasteiger charge is 2.33. The van der Waals surface area contributed by atoms with Crippen molar-refractivity contribution in [3.8, 4) is 5.75 Å². The summed E-state index contributed by atoms with van der Waals surface area (Å²) in [6, 6.07) is 14.6. The number of hydrogen-bond donors (Lipinski definition) is 0. The van der Waals surface area contributed by atoms with E-state index in [-0.39, 0.29) is 11.8 Å². The highest BCUT2D eigenvalue weighted by molar-refractivity contribution is 8.16. The average molecular weight is 384 g/mol. The molecule has 2 aliphatic rings. The number of aliphatic imine (C=N–C) groups is 1. The van der Waals surface area contributed by atoms with E-state index in [9.17, 15) is 4.79 Å². The first-order valence-corrected chi connectivity index (χ1v) is 9.33. The van der Waals surface area contributed by atoms with Crippen molar-refractivity contribution in [1.29, 1.82) is 0 Å². The topological polar surface area (TPSA) is 63.4 Å². The number of halogens is 1. The van der Waals surface area contributed by atoms with E-state index in [1.165, 1.54) is 11.8 Å². The molecule has 2 heterocycles. The number of ether oxygens (including phenoxy) is 1. The van der Waals surface area contributed by atoms with Crippen molar-refractivity contribution in [3.05, 3.63) is 64.7 Å². The van der Waals surface area contributed by atoms with Crippen molar-refractivity contribution in [2.45, 2.75) is 6.04 Å². The first-order valence-electron chi connectivity index (χ1n) is 7.97. The summed E-state index contributed by atoms with van der Waals surface area (Å²) < 4.78 is 5.15. The number of carbonyl (C=O) groups is 1. The van der Waals surface area contributed by atoms with Crippen molar-refractivity contribution in [3.63, 3.8) is 0 Å². The van der Waals surface area contributed by atoms with Gasteiger partial charge in [0.15, 0.2) is 0 Å². The predicted octanol–water partition coefficient (Wildman–Crippen LogP) is 3.96. The van der Waals surface area contributed by atoms with E-state index in [1.807, 2.05) is 24.3 Å². The molecule has 1 atom stereocenters. The quantitative estimate of drug-likeness (QED) is 0.805. The molecule has 0 radical (unpaired) electrons. The maximum Gasteiger partial charge on any atom is 0.234 e. The molecule has 0 aliphatic carbocycles. The van der Waals surface area contributed by atoms with Crippen LogP contribution < -0.4 is 4.74 Å². The largest absolute Gasteiger partial charge is 0.497 e. The highest BCUT2D eigenvalue weighted by atomic mass is 35.5. The zero-order valence-corrected chi connectivity index (χ0v) is 15.4. The summed E-state index contributed by atoms with van der Waals surface area (Å²) in [6.45, 7) is 0. The van der Waals surface area contributed by atoms with Gasteiger partial charge in [0.2, 0.25) is 5.78 Å². The minimum Gasteiger partial charge on any atom is -0.497 e. The molecule has 0 fully saturated rings. The lowest BCUT2D eigenvalue weighted by atomic mass is 10.0. The molecule has 130 valence electrons. The van der Waals surface area contributed by atoms with Crippen molar-refractivity contribution < 1.29 is 9.53 Å². The zero-order valence-electron chi connectivity index (χ0n) is 13.8. The first-order chi connectivity index (χ1) is 12.7. The minimum absolute atomic E-state index is 0.106. The molecule has 0 saturated heterocycles. The number of rotatable bonds is 3. The van der Waals surface area contributed by atoms with Crippen LogP contribution >= 0.6 is 23.4 Å². The van der Waals surface area contributed by atoms with Crippen molar-refractivity contribution in [2.24, 2.45) is 15.2 Å². The molecule has 0 aromatic heterocycles. The molecule has 0 saturated carbocycles. The Morgan fingerprint density at radius 1 is 1.04 bits per heavy atom. The Hall–Kier alpha value is -2.44. The van der Waals surface area contributed by atoms with Crippen LogP contribution in [0.4, 0.5) is 0 Å². The fourth-order valence-electron chi connectivity index (χ4n) is 2.75. The van der Waals surface area contributed by atoms with Gasteiger partial charge in [-0.1, -0.05) is 35.5 Å². The molecule has 7 heteroatoms. The Kier molecular flexibility index (Phi) is 4.61. The van der Waals surface area contributed by atoms with E-state index in [0.717, 1.165) is 11.3 Å². The van der Waals surface area contributed by atoms with E-state index >= 15 is 0 Å². The highest BCUT2D eigenvalue weighted by Crippen LogP contribution is 2.31. The number of nitrogens with zero attached hydrogens (tertiary/aromatic N) is 3. The lowest BCUT2D eigenvalue weighted by molar-refractivity contribution is -0.107. The number of Topliss-reactive ketones (excluding diaryl/α,β-unsaturated/α-hetero) is 1. The third kappa shape index (κ3) is 3.18. The monoisotopic (exact) mass is 383 g/mol. The predicted molar refractivity (Wildman–Crippen MR) is 106 cm³/mol. The molecule has 2 aromatic rings. The molecule has 0 bridgehead atoms. The summed E-state index contributed by atoms with van der Waals surface area (Å²) in [5.74, 6) is 1.23. The van der Waals surface area contributed by atoms with Crippen LogP contribution in [0.5, 0.6) is 5.75 Å². The third-order valence-electron chi connectivity index (χ3n) is 4.15. The van der Waals surface area contributed by atoms with Gasteiger partial charge >= 0.3 is 0 Å². The summed E-state index contributed by atoms with van der Waals surface area (Å²) in [5, 5.41) is 9.59. The fraction of sp³-hybridized carbons (Fsp3) is 0.158. The Bertz CT molecular complexity index is 950. The van der Waals surface area contributed by atoms with Crippen LogP contribution in [-0.4, -0.2) is 35.1 Å². The van der Waals surface area contributed by atoms with Crippen LogP contribution in [0.25, 0.3) is 0 Å². The molecule has 26 heavy (non-hydrogen) atoms. The lowest BCUT2D eigenvalue weighted by Crippen LogP contribution is -2.35. The van der Waals surface area contributed by atoms with E-state index in [4.69, 9.17) is 16.3 Å². The molecule has 2 aromatic carbocycles. The summed E-state index contributed by atoms with van der Waals surface area (Å²) in [7, 11) is 1.60. The van der Waals surface area contributed by atoms with E-state index in [1.54, 1.807) is 31.4 Å². The second-order valence-electron chi connectivity index (χ2n) is 5.77. The second-order valence-corrected chi connectivity index (χ2v) is 7.21. The first kappa shape index (κ1) is 17.0. The molecular weight excluding hydrogens is 370 g/mol. The maximum atomic E-state index is 12.9. The van der Waals surface area contributed by atoms with Crippen molar-refractivity contribution in [2.75, 3.05) is 12.9 Å². The van der Waals surface area contributed by atoms with Gasteiger partial charge in [0.05, 0.1) is 13.2 Å².